The number of sulfonamides is 1. The standard InChI is InChI=1S/C24H25ClN2O5S2/c1-17(18-10-14-22(15-11-18)33(2,29)30)26-24(28)19-8-12-21(13-9-19)27(34(3,31)32)16-20-6-4-5-7-23(20)25/h4-15,17H,16H2,1-3H3,(H,26,28)/t17-/m1/s1. The molecule has 0 bridgehead atoms. The number of rotatable bonds is 8. The first-order chi connectivity index (χ1) is 15.9. The summed E-state index contributed by atoms with van der Waals surface area (Å²) in [6.07, 6.45) is 2.25. The molecule has 0 heterocycles. The number of hydrogen-bond acceptors (Lipinski definition) is 5. The minimum absolute atomic E-state index is 0.0601. The molecule has 0 unspecified atom stereocenters. The van der Waals surface area contributed by atoms with Gasteiger partial charge in [-0.15, -0.1) is 0 Å². The van der Waals surface area contributed by atoms with Gasteiger partial charge >= 0.3 is 0 Å². The number of anilines is 1. The maximum absolute atomic E-state index is 12.7. The van der Waals surface area contributed by atoms with Crippen LogP contribution < -0.4 is 9.62 Å². The predicted molar refractivity (Wildman–Crippen MR) is 134 cm³/mol. The van der Waals surface area contributed by atoms with E-state index in [-0.39, 0.29) is 23.4 Å². The SMILES string of the molecule is C[C@@H](NC(=O)c1ccc(N(Cc2ccccc2Cl)S(C)(=O)=O)cc1)c1ccc(S(C)(=O)=O)cc1. The summed E-state index contributed by atoms with van der Waals surface area (Å²) < 4.78 is 49.3. The van der Waals surface area contributed by atoms with Crippen LogP contribution in [0.4, 0.5) is 5.69 Å². The first-order valence-corrected chi connectivity index (χ1v) is 14.4. The molecule has 34 heavy (non-hydrogen) atoms. The molecule has 0 aromatic heterocycles. The third-order valence-corrected chi connectivity index (χ3v) is 7.88. The first kappa shape index (κ1) is 25.7. The fourth-order valence-electron chi connectivity index (χ4n) is 3.33. The number of amides is 1. The molecule has 0 fully saturated rings. The minimum atomic E-state index is -3.60. The molecule has 3 aromatic carbocycles. The predicted octanol–water partition coefficient (Wildman–Crippen LogP) is 4.20. The van der Waals surface area contributed by atoms with Gasteiger partial charge in [0.05, 0.1) is 29.4 Å². The Morgan fingerprint density at radius 2 is 1.50 bits per heavy atom. The third kappa shape index (κ3) is 6.37. The lowest BCUT2D eigenvalue weighted by atomic mass is 10.1. The van der Waals surface area contributed by atoms with Gasteiger partial charge in [0.1, 0.15) is 0 Å². The van der Waals surface area contributed by atoms with E-state index in [0.29, 0.717) is 21.8 Å². The molecule has 0 saturated carbocycles. The molecule has 180 valence electrons. The van der Waals surface area contributed by atoms with E-state index in [1.165, 1.54) is 16.4 Å². The summed E-state index contributed by atoms with van der Waals surface area (Å²) in [6, 6.07) is 19.2. The maximum Gasteiger partial charge on any atom is 0.251 e. The van der Waals surface area contributed by atoms with Crippen LogP contribution in [0.25, 0.3) is 0 Å². The van der Waals surface area contributed by atoms with Crippen LogP contribution >= 0.6 is 11.6 Å². The van der Waals surface area contributed by atoms with Crippen LogP contribution in [-0.2, 0) is 26.4 Å². The average Bonchev–Trinajstić information content (AvgIpc) is 2.77. The molecule has 0 aliphatic carbocycles. The number of hydrogen-bond donors (Lipinski definition) is 1. The number of nitrogens with zero attached hydrogens (tertiary/aromatic N) is 1. The Hall–Kier alpha value is -2.88. The summed E-state index contributed by atoms with van der Waals surface area (Å²) in [4.78, 5) is 12.9. The highest BCUT2D eigenvalue weighted by Crippen LogP contribution is 2.25. The zero-order valence-electron chi connectivity index (χ0n) is 18.9. The van der Waals surface area contributed by atoms with Crippen molar-refractivity contribution in [3.63, 3.8) is 0 Å². The van der Waals surface area contributed by atoms with E-state index in [1.54, 1.807) is 67.6 Å². The Morgan fingerprint density at radius 1 is 0.912 bits per heavy atom. The Labute approximate surface area is 205 Å². The smallest absolute Gasteiger partial charge is 0.251 e. The second-order valence-corrected chi connectivity index (χ2v) is 12.3. The third-order valence-electron chi connectivity index (χ3n) is 5.25. The summed E-state index contributed by atoms with van der Waals surface area (Å²) in [5, 5.41) is 3.32. The van der Waals surface area contributed by atoms with Crippen LogP contribution in [-0.4, -0.2) is 35.3 Å². The number of benzene rings is 3. The van der Waals surface area contributed by atoms with Crippen molar-refractivity contribution in [1.82, 2.24) is 5.32 Å². The number of sulfone groups is 1. The highest BCUT2D eigenvalue weighted by molar-refractivity contribution is 7.92. The van der Waals surface area contributed by atoms with E-state index >= 15 is 0 Å². The Morgan fingerprint density at radius 3 is 2.03 bits per heavy atom. The van der Waals surface area contributed by atoms with Gasteiger partial charge in [0.2, 0.25) is 10.0 Å². The molecule has 0 saturated heterocycles. The van der Waals surface area contributed by atoms with Crippen molar-refractivity contribution in [2.45, 2.75) is 24.4 Å². The van der Waals surface area contributed by atoms with Crippen LogP contribution in [0.3, 0.4) is 0 Å². The molecule has 1 N–H and O–H groups in total. The van der Waals surface area contributed by atoms with Gasteiger partial charge in [-0.1, -0.05) is 41.9 Å². The van der Waals surface area contributed by atoms with Crippen molar-refractivity contribution in [2.75, 3.05) is 16.8 Å². The highest BCUT2D eigenvalue weighted by Gasteiger charge is 2.20. The molecular weight excluding hydrogens is 496 g/mol. The topological polar surface area (TPSA) is 101 Å². The molecule has 7 nitrogen and oxygen atoms in total. The number of carbonyl (C=O) groups is 1. The molecule has 3 aromatic rings. The fraction of sp³-hybridized carbons (Fsp3) is 0.208. The molecule has 0 spiro atoms. The molecule has 1 amide bonds. The molecular formula is C24H25ClN2O5S2. The highest BCUT2D eigenvalue weighted by atomic mass is 35.5. The second-order valence-electron chi connectivity index (χ2n) is 7.94. The second kappa shape index (κ2) is 10.2. The monoisotopic (exact) mass is 520 g/mol. The Kier molecular flexibility index (Phi) is 7.70. The zero-order valence-corrected chi connectivity index (χ0v) is 21.3. The van der Waals surface area contributed by atoms with Crippen molar-refractivity contribution in [1.29, 1.82) is 0 Å². The van der Waals surface area contributed by atoms with Crippen LogP contribution in [0, 0.1) is 0 Å². The summed E-state index contributed by atoms with van der Waals surface area (Å²) >= 11 is 6.20. The fourth-order valence-corrected chi connectivity index (χ4v) is 5.03. The number of carbonyl (C=O) groups excluding carboxylic acids is 1. The van der Waals surface area contributed by atoms with Gasteiger partial charge < -0.3 is 5.32 Å². The Bertz CT molecular complexity index is 1390. The summed E-state index contributed by atoms with van der Waals surface area (Å²) in [5.41, 5.74) is 2.17. The van der Waals surface area contributed by atoms with Crippen molar-refractivity contribution in [2.24, 2.45) is 0 Å². The Balaban J connectivity index is 1.75. The quantitative estimate of drug-likeness (QED) is 0.479. The molecule has 0 radical (unpaired) electrons. The van der Waals surface area contributed by atoms with Crippen LogP contribution in [0.5, 0.6) is 0 Å². The first-order valence-electron chi connectivity index (χ1n) is 10.3. The van der Waals surface area contributed by atoms with E-state index in [4.69, 9.17) is 11.6 Å². The number of halogens is 1. The largest absolute Gasteiger partial charge is 0.346 e. The average molecular weight is 521 g/mol. The lowest BCUT2D eigenvalue weighted by Gasteiger charge is -2.23. The van der Waals surface area contributed by atoms with E-state index in [2.05, 4.69) is 5.32 Å². The molecule has 0 aliphatic rings. The van der Waals surface area contributed by atoms with Crippen molar-refractivity contribution in [3.05, 3.63) is 94.5 Å². The van der Waals surface area contributed by atoms with E-state index in [0.717, 1.165) is 18.1 Å². The van der Waals surface area contributed by atoms with Gasteiger partial charge in [-0.2, -0.15) is 0 Å². The normalized spacial score (nSPS) is 12.7. The van der Waals surface area contributed by atoms with E-state index < -0.39 is 19.9 Å². The lowest BCUT2D eigenvalue weighted by molar-refractivity contribution is 0.0940. The van der Waals surface area contributed by atoms with Crippen LogP contribution in [0.1, 0.15) is 34.5 Å². The van der Waals surface area contributed by atoms with Gasteiger partial charge in [0.15, 0.2) is 9.84 Å². The van der Waals surface area contributed by atoms with Crippen LogP contribution in [0.15, 0.2) is 77.7 Å². The molecule has 1 atom stereocenters. The van der Waals surface area contributed by atoms with Crippen molar-refractivity contribution in [3.8, 4) is 0 Å². The lowest BCUT2D eigenvalue weighted by Crippen LogP contribution is -2.30. The molecule has 3 rings (SSSR count). The van der Waals surface area contributed by atoms with E-state index in [1.807, 2.05) is 0 Å². The van der Waals surface area contributed by atoms with Crippen LogP contribution in [0.2, 0.25) is 5.02 Å². The minimum Gasteiger partial charge on any atom is -0.346 e. The van der Waals surface area contributed by atoms with Gasteiger partial charge in [0, 0.05) is 16.8 Å². The summed E-state index contributed by atoms with van der Waals surface area (Å²) in [5.74, 6) is -0.344. The molecule has 0 aliphatic heterocycles. The van der Waals surface area contributed by atoms with Gasteiger partial charge in [-0.25, -0.2) is 16.8 Å². The number of nitrogens with one attached hydrogen (secondary N) is 1. The van der Waals surface area contributed by atoms with Gasteiger partial charge in [-0.3, -0.25) is 9.10 Å². The van der Waals surface area contributed by atoms with Crippen molar-refractivity contribution >= 4 is 43.1 Å². The summed E-state index contributed by atoms with van der Waals surface area (Å²) in [7, 11) is -6.90. The van der Waals surface area contributed by atoms with E-state index in [9.17, 15) is 21.6 Å². The zero-order chi connectivity index (χ0) is 25.1. The van der Waals surface area contributed by atoms with Gasteiger partial charge in [-0.05, 0) is 60.5 Å². The van der Waals surface area contributed by atoms with Gasteiger partial charge in [0.25, 0.3) is 5.91 Å². The summed E-state index contributed by atoms with van der Waals surface area (Å²) in [6.45, 7) is 1.85. The maximum atomic E-state index is 12.7. The molecule has 10 heteroatoms. The van der Waals surface area contributed by atoms with Crippen molar-refractivity contribution < 1.29 is 21.6 Å².